The number of aromatic nitrogens is 6. The molecule has 0 amide bonds. The van der Waals surface area contributed by atoms with Gasteiger partial charge in [0, 0.05) is 60.5 Å². The van der Waals surface area contributed by atoms with Crippen LogP contribution in [0.25, 0.3) is 43.4 Å². The van der Waals surface area contributed by atoms with E-state index in [0.717, 1.165) is 19.3 Å². The number of pyridine rings is 2. The predicted octanol–water partition coefficient (Wildman–Crippen LogP) is 10.2. The van der Waals surface area contributed by atoms with Crippen LogP contribution in [0.15, 0.2) is 60.7 Å². The molecule has 3 fully saturated rings. The zero-order valence-electron chi connectivity index (χ0n) is 41.1. The second kappa shape index (κ2) is 19.4. The molecule has 4 aromatic heterocycles. The van der Waals surface area contributed by atoms with Gasteiger partial charge < -0.3 is 40.1 Å². The highest BCUT2D eigenvalue weighted by Gasteiger charge is 2.56. The van der Waals surface area contributed by atoms with Crippen molar-refractivity contribution in [1.29, 1.82) is 0 Å². The molecule has 7 atom stereocenters. The third kappa shape index (κ3) is 10.6. The Labute approximate surface area is 418 Å². The van der Waals surface area contributed by atoms with Gasteiger partial charge in [-0.2, -0.15) is 18.7 Å². The zero-order chi connectivity index (χ0) is 50.6. The maximum absolute atomic E-state index is 16.9. The van der Waals surface area contributed by atoms with E-state index < -0.39 is 47.9 Å². The molecule has 71 heavy (non-hydrogen) atoms. The van der Waals surface area contributed by atoms with Crippen LogP contribution < -0.4 is 29.9 Å². The average Bonchev–Trinajstić information content (AvgIpc) is 4.01. The van der Waals surface area contributed by atoms with Gasteiger partial charge in [0.25, 0.3) is 0 Å². The number of rotatable bonds is 15. The second-order valence-electron chi connectivity index (χ2n) is 21.0. The van der Waals surface area contributed by atoms with E-state index in [1.807, 2.05) is 23.8 Å². The average molecular weight is 1020 g/mol. The highest BCUT2D eigenvalue weighted by atomic mass is 32.1. The summed E-state index contributed by atoms with van der Waals surface area (Å²) in [6.07, 6.45) is 3.90. The lowest BCUT2D eigenvalue weighted by atomic mass is 9.64. The Morgan fingerprint density at radius 1 is 0.746 bits per heavy atom. The summed E-state index contributed by atoms with van der Waals surface area (Å²) in [4.78, 5) is 11.4. The van der Waals surface area contributed by atoms with Crippen LogP contribution >= 0.6 is 22.7 Å². The summed E-state index contributed by atoms with van der Waals surface area (Å²) in [7, 11) is 5.02. The number of phenolic OH excluding ortho intramolecular Hbond substituents is 2. The standard InChI is InChI=1S/C51H60F4N10O4S2/c1-48(2)14-9-15-49(3,62-48)24-33(26-52)64(6)46-60-58-44(70-46)34-13-11-30(17-38(34)67)32-19-40(54)57-42(21-32)69-27-28-22-50(4)25-36(43(55)51(5,23-28)63-50)65(7)47-61-59-45(71-47)35-12-10-29(16-37(35)66)31-18-39(53)56-41(20-31)68-8/h10-13,16-21,28,33,36,43,62-63,66-67H,9,14-15,22-27H2,1-8H3/t28?,33-,36+,43+,49-,50+,51-/m1/s1. The Balaban J connectivity index is 0.834. The molecule has 7 heterocycles. The number of nitrogens with one attached hydrogen (secondary N) is 2. The summed E-state index contributed by atoms with van der Waals surface area (Å²) in [5, 5.41) is 49.0. The summed E-state index contributed by atoms with van der Waals surface area (Å²) < 4.78 is 72.0. The van der Waals surface area contributed by atoms with Crippen molar-refractivity contribution < 1.29 is 37.2 Å². The number of hydrogen-bond donors (Lipinski definition) is 4. The van der Waals surface area contributed by atoms with Gasteiger partial charge in [-0.25, -0.2) is 8.78 Å². The lowest BCUT2D eigenvalue weighted by Crippen LogP contribution is -2.74. The van der Waals surface area contributed by atoms with Crippen molar-refractivity contribution >= 4 is 32.9 Å². The van der Waals surface area contributed by atoms with Crippen molar-refractivity contribution in [3.05, 3.63) is 72.6 Å². The number of alkyl halides is 2. The van der Waals surface area contributed by atoms with E-state index in [1.165, 1.54) is 54.0 Å². The molecule has 2 aromatic carbocycles. The maximum atomic E-state index is 16.9. The van der Waals surface area contributed by atoms with Gasteiger partial charge in [-0.15, -0.1) is 20.4 Å². The van der Waals surface area contributed by atoms with Crippen molar-refractivity contribution in [2.75, 3.05) is 44.3 Å². The molecule has 1 unspecified atom stereocenters. The van der Waals surface area contributed by atoms with Crippen molar-refractivity contribution in [3.63, 3.8) is 0 Å². The van der Waals surface area contributed by atoms with E-state index in [9.17, 15) is 19.0 Å². The quantitative estimate of drug-likeness (QED) is 0.0567. The molecule has 2 bridgehead atoms. The van der Waals surface area contributed by atoms with Gasteiger partial charge in [0.05, 0.1) is 36.9 Å². The number of phenols is 2. The minimum atomic E-state index is -1.32. The van der Waals surface area contributed by atoms with E-state index >= 15 is 8.78 Å². The van der Waals surface area contributed by atoms with Gasteiger partial charge in [-0.05, 0) is 132 Å². The van der Waals surface area contributed by atoms with Crippen LogP contribution in [0.3, 0.4) is 0 Å². The molecular formula is C51H60F4N10O4S2. The van der Waals surface area contributed by atoms with Crippen molar-refractivity contribution in [2.24, 2.45) is 5.92 Å². The van der Waals surface area contributed by atoms with Crippen molar-refractivity contribution in [2.45, 2.75) is 120 Å². The Bertz CT molecular complexity index is 2910. The largest absolute Gasteiger partial charge is 0.507 e. The van der Waals surface area contributed by atoms with Gasteiger partial charge in [0.2, 0.25) is 33.9 Å². The van der Waals surface area contributed by atoms with Gasteiger partial charge >= 0.3 is 0 Å². The molecular weight excluding hydrogens is 957 g/mol. The van der Waals surface area contributed by atoms with Crippen molar-refractivity contribution in [1.82, 2.24) is 41.0 Å². The van der Waals surface area contributed by atoms with E-state index in [2.05, 4.69) is 68.7 Å². The van der Waals surface area contributed by atoms with Crippen LogP contribution in [0.5, 0.6) is 23.3 Å². The predicted molar refractivity (Wildman–Crippen MR) is 269 cm³/mol. The summed E-state index contributed by atoms with van der Waals surface area (Å²) in [6.45, 7) is 10.1. The zero-order valence-corrected chi connectivity index (χ0v) is 42.7. The van der Waals surface area contributed by atoms with Crippen LogP contribution in [0, 0.1) is 17.8 Å². The Kier molecular flexibility index (Phi) is 13.7. The molecule has 0 aliphatic carbocycles. The number of anilines is 2. The fourth-order valence-electron chi connectivity index (χ4n) is 11.4. The van der Waals surface area contributed by atoms with Gasteiger partial charge in [-0.3, -0.25) is 0 Å². The van der Waals surface area contributed by atoms with Gasteiger partial charge in [0.15, 0.2) is 10.0 Å². The number of methoxy groups -OCH3 is 1. The van der Waals surface area contributed by atoms with Crippen LogP contribution in [-0.4, -0.2) is 115 Å². The number of aromatic hydroxyl groups is 2. The normalized spacial score (nSPS) is 25.4. The van der Waals surface area contributed by atoms with Crippen LogP contribution in [0.1, 0.15) is 79.6 Å². The van der Waals surface area contributed by atoms with Gasteiger partial charge in [-0.1, -0.05) is 34.8 Å². The summed E-state index contributed by atoms with van der Waals surface area (Å²) in [5.74, 6) is -1.55. The van der Waals surface area contributed by atoms with E-state index in [0.29, 0.717) is 79.3 Å². The summed E-state index contributed by atoms with van der Waals surface area (Å²) in [6, 6.07) is 14.6. The first-order chi connectivity index (χ1) is 33.6. The van der Waals surface area contributed by atoms with Crippen LogP contribution in [-0.2, 0) is 0 Å². The number of nitrogens with zero attached hydrogens (tertiary/aromatic N) is 8. The molecule has 378 valence electrons. The molecule has 20 heteroatoms. The topological polar surface area (TPSA) is 167 Å². The SMILES string of the molecule is COc1cc(-c2ccc(-c3nnc(N(C)[C@H]4C[C@]5(C)CC(COc6cc(-c7ccc(-c8nnc(N(C)[C@@H](CF)C[C@@]9(C)CCCC(C)(C)N9)s8)c(O)c7)cc(F)n6)C[C@@](C)(N5)[C@H]4F)s3)c(O)c2)cc(F)n1. The molecule has 0 spiro atoms. The monoisotopic (exact) mass is 1020 g/mol. The number of benzene rings is 2. The fraction of sp³-hybridized carbons (Fsp3) is 0.490. The Hall–Kier alpha value is -5.70. The fourth-order valence-corrected chi connectivity index (χ4v) is 13.2. The molecule has 3 saturated heterocycles. The number of halogens is 4. The number of fused-ring (bicyclic) bond motifs is 2. The first-order valence-corrected chi connectivity index (χ1v) is 25.4. The Morgan fingerprint density at radius 3 is 1.93 bits per heavy atom. The van der Waals surface area contributed by atoms with E-state index in [-0.39, 0.29) is 46.9 Å². The minimum Gasteiger partial charge on any atom is -0.507 e. The molecule has 3 aliphatic rings. The maximum Gasteiger partial charge on any atom is 0.216 e. The lowest BCUT2D eigenvalue weighted by Gasteiger charge is -2.58. The van der Waals surface area contributed by atoms with E-state index in [4.69, 9.17) is 9.47 Å². The molecule has 0 radical (unpaired) electrons. The second-order valence-corrected chi connectivity index (χ2v) is 22.9. The third-order valence-corrected chi connectivity index (χ3v) is 16.6. The third-order valence-electron chi connectivity index (χ3n) is 14.5. The summed E-state index contributed by atoms with van der Waals surface area (Å²) >= 11 is 2.49. The molecule has 4 N–H and O–H groups in total. The van der Waals surface area contributed by atoms with Crippen LogP contribution in [0.4, 0.5) is 27.8 Å². The highest BCUT2D eigenvalue weighted by Crippen LogP contribution is 2.47. The van der Waals surface area contributed by atoms with Crippen molar-refractivity contribution in [3.8, 4) is 66.7 Å². The molecule has 14 nitrogen and oxygen atoms in total. The molecule has 3 aliphatic heterocycles. The summed E-state index contributed by atoms with van der Waals surface area (Å²) in [5.41, 5.74) is 1.20. The number of hydrogen-bond acceptors (Lipinski definition) is 16. The first-order valence-electron chi connectivity index (χ1n) is 23.8. The highest BCUT2D eigenvalue weighted by molar-refractivity contribution is 7.18. The number of piperidine rings is 3. The molecule has 0 saturated carbocycles. The molecule has 9 rings (SSSR count). The molecule has 6 aromatic rings. The minimum absolute atomic E-state index is 0.0230. The Morgan fingerprint density at radius 2 is 1.34 bits per heavy atom. The van der Waals surface area contributed by atoms with E-state index in [1.54, 1.807) is 43.4 Å². The number of ether oxygens (including phenoxy) is 2. The smallest absolute Gasteiger partial charge is 0.216 e. The first kappa shape index (κ1) is 50.2. The van der Waals surface area contributed by atoms with Gasteiger partial charge in [0.1, 0.15) is 24.3 Å². The van der Waals surface area contributed by atoms with Crippen LogP contribution in [0.2, 0.25) is 0 Å². The lowest BCUT2D eigenvalue weighted by molar-refractivity contribution is -0.0303.